The quantitative estimate of drug-likeness (QED) is 0.463. The highest BCUT2D eigenvalue weighted by atomic mass is 16.5. The molecule has 0 spiro atoms. The minimum Gasteiger partial charge on any atom is -0.497 e. The molecule has 0 atom stereocenters. The van der Waals surface area contributed by atoms with E-state index < -0.39 is 11.9 Å². The predicted molar refractivity (Wildman–Crippen MR) is 107 cm³/mol. The number of hydrogen-bond donors (Lipinski definition) is 3. The van der Waals surface area contributed by atoms with Crippen molar-refractivity contribution in [3.63, 3.8) is 0 Å². The second-order valence-corrected chi connectivity index (χ2v) is 6.04. The van der Waals surface area contributed by atoms with Crippen LogP contribution in [0.25, 0.3) is 0 Å². The van der Waals surface area contributed by atoms with E-state index in [2.05, 4.69) is 19.7 Å². The Labute approximate surface area is 178 Å². The van der Waals surface area contributed by atoms with Crippen LogP contribution in [0.3, 0.4) is 0 Å². The zero-order valence-corrected chi connectivity index (χ0v) is 17.4. The minimum absolute atomic E-state index is 0.134. The van der Waals surface area contributed by atoms with E-state index in [0.29, 0.717) is 17.9 Å². The monoisotopic (exact) mass is 432 g/mol. The fraction of sp³-hybridized carbons (Fsp3) is 0.300. The van der Waals surface area contributed by atoms with Crippen molar-refractivity contribution in [2.24, 2.45) is 0 Å². The molecule has 166 valence electrons. The summed E-state index contributed by atoms with van der Waals surface area (Å²) in [5.41, 5.74) is 2.07. The normalized spacial score (nSPS) is 10.1. The predicted octanol–water partition coefficient (Wildman–Crippen LogP) is 0.907. The summed E-state index contributed by atoms with van der Waals surface area (Å²) in [5.74, 6) is -0.293. The van der Waals surface area contributed by atoms with Gasteiger partial charge in [-0.2, -0.15) is 0 Å². The van der Waals surface area contributed by atoms with Crippen LogP contribution < -0.4 is 4.74 Å². The van der Waals surface area contributed by atoms with E-state index in [0.717, 1.165) is 11.3 Å². The largest absolute Gasteiger partial charge is 0.497 e. The molecule has 2 heterocycles. The number of ether oxygens (including phenoxy) is 3. The molecule has 0 fully saturated rings. The molecule has 0 radical (unpaired) electrons. The van der Waals surface area contributed by atoms with E-state index in [-0.39, 0.29) is 24.6 Å². The Morgan fingerprint density at radius 3 is 2.23 bits per heavy atom. The summed E-state index contributed by atoms with van der Waals surface area (Å²) in [7, 11) is 4.17. The SMILES string of the molecule is COC(=O)c1c(CO)ncn1Cc1ccc(OC)cc1.COC(=O)c1nc[nH]c1CO. The van der Waals surface area contributed by atoms with Gasteiger partial charge in [-0.25, -0.2) is 19.6 Å². The Kier molecular flexibility index (Phi) is 8.73. The van der Waals surface area contributed by atoms with Crippen molar-refractivity contribution in [2.45, 2.75) is 19.8 Å². The first-order valence-corrected chi connectivity index (χ1v) is 9.06. The summed E-state index contributed by atoms with van der Waals surface area (Å²) in [4.78, 5) is 32.9. The average Bonchev–Trinajstić information content (AvgIpc) is 3.45. The van der Waals surface area contributed by atoms with E-state index in [1.807, 2.05) is 24.3 Å². The second kappa shape index (κ2) is 11.5. The lowest BCUT2D eigenvalue weighted by atomic mass is 10.2. The molecule has 0 unspecified atom stereocenters. The number of aliphatic hydroxyl groups is 2. The number of nitrogens with zero attached hydrogens (tertiary/aromatic N) is 3. The highest BCUT2D eigenvalue weighted by molar-refractivity contribution is 5.89. The molecule has 31 heavy (non-hydrogen) atoms. The van der Waals surface area contributed by atoms with E-state index >= 15 is 0 Å². The lowest BCUT2D eigenvalue weighted by Gasteiger charge is -2.08. The van der Waals surface area contributed by atoms with Gasteiger partial charge < -0.3 is 34.0 Å². The van der Waals surface area contributed by atoms with Crippen LogP contribution in [0.1, 0.15) is 37.9 Å². The molecule has 11 nitrogen and oxygen atoms in total. The fourth-order valence-electron chi connectivity index (χ4n) is 2.63. The number of aromatic nitrogens is 4. The molecule has 0 aliphatic carbocycles. The van der Waals surface area contributed by atoms with Crippen molar-refractivity contribution in [1.29, 1.82) is 0 Å². The number of carbonyl (C=O) groups is 2. The van der Waals surface area contributed by atoms with Gasteiger partial charge in [-0.15, -0.1) is 0 Å². The summed E-state index contributed by atoms with van der Waals surface area (Å²) in [6.07, 6.45) is 2.85. The van der Waals surface area contributed by atoms with Crippen LogP contribution in [0.5, 0.6) is 5.75 Å². The number of benzene rings is 1. The van der Waals surface area contributed by atoms with Gasteiger partial charge in [0.25, 0.3) is 0 Å². The van der Waals surface area contributed by atoms with Gasteiger partial charge >= 0.3 is 11.9 Å². The average molecular weight is 432 g/mol. The number of carbonyl (C=O) groups excluding carboxylic acids is 2. The van der Waals surface area contributed by atoms with Crippen LogP contribution in [-0.2, 0) is 29.2 Å². The molecular formula is C20H24N4O7. The van der Waals surface area contributed by atoms with Gasteiger partial charge in [0.15, 0.2) is 11.4 Å². The number of imidazole rings is 2. The van der Waals surface area contributed by atoms with Gasteiger partial charge in [0.05, 0.1) is 58.6 Å². The molecule has 11 heteroatoms. The Hall–Kier alpha value is -3.70. The maximum absolute atomic E-state index is 11.8. The van der Waals surface area contributed by atoms with Crippen molar-refractivity contribution in [3.05, 3.63) is 65.3 Å². The molecule has 0 bridgehead atoms. The highest BCUT2D eigenvalue weighted by Gasteiger charge is 2.19. The molecule has 1 aromatic carbocycles. The van der Waals surface area contributed by atoms with Crippen LogP contribution >= 0.6 is 0 Å². The molecule has 0 aliphatic heterocycles. The highest BCUT2D eigenvalue weighted by Crippen LogP contribution is 2.15. The van der Waals surface area contributed by atoms with Crippen molar-refractivity contribution >= 4 is 11.9 Å². The molecular weight excluding hydrogens is 408 g/mol. The first-order chi connectivity index (χ1) is 15.0. The van der Waals surface area contributed by atoms with Crippen LogP contribution in [0.15, 0.2) is 36.9 Å². The van der Waals surface area contributed by atoms with Gasteiger partial charge in [0, 0.05) is 6.54 Å². The van der Waals surface area contributed by atoms with Crippen LogP contribution in [-0.4, -0.2) is 63.0 Å². The topological polar surface area (TPSA) is 149 Å². The van der Waals surface area contributed by atoms with Crippen molar-refractivity contribution in [2.75, 3.05) is 21.3 Å². The molecule has 0 saturated heterocycles. The first kappa shape index (κ1) is 23.6. The third-order valence-corrected chi connectivity index (χ3v) is 4.21. The molecule has 3 N–H and O–H groups in total. The smallest absolute Gasteiger partial charge is 0.358 e. The number of aromatic amines is 1. The molecule has 3 rings (SSSR count). The number of hydrogen-bond acceptors (Lipinski definition) is 9. The maximum Gasteiger partial charge on any atom is 0.358 e. The molecule has 2 aromatic heterocycles. The summed E-state index contributed by atoms with van der Waals surface area (Å²) in [6.45, 7) is -0.0914. The number of esters is 2. The number of aliphatic hydroxyl groups excluding tert-OH is 2. The van der Waals surface area contributed by atoms with Crippen LogP contribution in [0.2, 0.25) is 0 Å². The van der Waals surface area contributed by atoms with Gasteiger partial charge in [0.1, 0.15) is 5.75 Å². The summed E-state index contributed by atoms with van der Waals surface area (Å²) < 4.78 is 15.9. The van der Waals surface area contributed by atoms with E-state index in [4.69, 9.17) is 14.6 Å². The molecule has 0 amide bonds. The Morgan fingerprint density at radius 1 is 1.00 bits per heavy atom. The third kappa shape index (κ3) is 5.90. The van der Waals surface area contributed by atoms with E-state index in [1.165, 1.54) is 26.9 Å². The number of methoxy groups -OCH3 is 3. The standard InChI is InChI=1S/C14H16N2O4.C6H8N2O3/c1-19-11-5-3-10(4-6-11)7-16-9-15-12(8-17)13(16)14(18)20-2;1-11-6(10)5-4(2-9)7-3-8-5/h3-6,9,17H,7-8H2,1-2H3;3,9H,2H2,1H3,(H,7,8). The minimum atomic E-state index is -0.546. The maximum atomic E-state index is 11.8. The summed E-state index contributed by atoms with van der Waals surface area (Å²) >= 11 is 0. The van der Waals surface area contributed by atoms with E-state index in [1.54, 1.807) is 11.7 Å². The molecule has 0 aliphatic rings. The fourth-order valence-corrected chi connectivity index (χ4v) is 2.63. The van der Waals surface area contributed by atoms with Crippen molar-refractivity contribution in [3.8, 4) is 5.75 Å². The van der Waals surface area contributed by atoms with Gasteiger partial charge in [-0.3, -0.25) is 0 Å². The van der Waals surface area contributed by atoms with Gasteiger partial charge in [-0.05, 0) is 17.7 Å². The van der Waals surface area contributed by atoms with Gasteiger partial charge in [-0.1, -0.05) is 12.1 Å². The van der Waals surface area contributed by atoms with Gasteiger partial charge in [0.2, 0.25) is 0 Å². The Morgan fingerprint density at radius 2 is 1.68 bits per heavy atom. The second-order valence-electron chi connectivity index (χ2n) is 6.04. The van der Waals surface area contributed by atoms with E-state index in [9.17, 15) is 14.7 Å². The lowest BCUT2D eigenvalue weighted by Crippen LogP contribution is -2.13. The molecule has 3 aromatic rings. The molecule has 0 saturated carbocycles. The Balaban J connectivity index is 0.000000262. The zero-order chi connectivity index (χ0) is 22.8. The first-order valence-electron chi connectivity index (χ1n) is 9.06. The third-order valence-electron chi connectivity index (χ3n) is 4.21. The zero-order valence-electron chi connectivity index (χ0n) is 17.4. The lowest BCUT2D eigenvalue weighted by molar-refractivity contribution is 0.0579. The van der Waals surface area contributed by atoms with Crippen LogP contribution in [0.4, 0.5) is 0 Å². The number of nitrogens with one attached hydrogen (secondary N) is 1. The van der Waals surface area contributed by atoms with Crippen molar-refractivity contribution in [1.82, 2.24) is 19.5 Å². The number of rotatable bonds is 7. The van der Waals surface area contributed by atoms with Crippen LogP contribution in [0, 0.1) is 0 Å². The van der Waals surface area contributed by atoms with Crippen molar-refractivity contribution < 1.29 is 34.0 Å². The Bertz CT molecular complexity index is 995. The number of H-pyrrole nitrogens is 1. The summed E-state index contributed by atoms with van der Waals surface area (Å²) in [5, 5.41) is 17.9. The summed E-state index contributed by atoms with van der Waals surface area (Å²) in [6, 6.07) is 7.49.